The van der Waals surface area contributed by atoms with Crippen LogP contribution in [0.4, 0.5) is 5.69 Å². The smallest absolute Gasteiger partial charge is 0.252 e. The van der Waals surface area contributed by atoms with Crippen molar-refractivity contribution < 1.29 is 14.4 Å². The molecule has 2 heterocycles. The fourth-order valence-corrected chi connectivity index (χ4v) is 3.76. The van der Waals surface area contributed by atoms with Gasteiger partial charge in [-0.25, -0.2) is 0 Å². The highest BCUT2D eigenvalue weighted by Gasteiger charge is 2.34. The zero-order valence-corrected chi connectivity index (χ0v) is 16.9. The lowest BCUT2D eigenvalue weighted by atomic mass is 10.1. The number of hydrogen-bond donors (Lipinski definition) is 3. The summed E-state index contributed by atoms with van der Waals surface area (Å²) in [5.74, 6) is -0.899. The number of aromatic amines is 1. The highest BCUT2D eigenvalue weighted by molar-refractivity contribution is 6.30. The molecule has 0 aliphatic carbocycles. The zero-order valence-electron chi connectivity index (χ0n) is 16.2. The first-order chi connectivity index (χ1) is 14.5. The number of nitrogens with one attached hydrogen (secondary N) is 3. The van der Waals surface area contributed by atoms with Gasteiger partial charge in [0.2, 0.25) is 11.8 Å². The van der Waals surface area contributed by atoms with Crippen LogP contribution in [0.1, 0.15) is 16.8 Å². The SMILES string of the molecule is O=C(NCCNC(=O)C1CC(=O)N(c2ccc(Cl)cc2)C1)c1cccc2[nH]ccc12. The third-order valence-corrected chi connectivity index (χ3v) is 5.44. The molecule has 3 aromatic rings. The van der Waals surface area contributed by atoms with Gasteiger partial charge < -0.3 is 20.5 Å². The molecule has 0 spiro atoms. The molecule has 1 aliphatic heterocycles. The summed E-state index contributed by atoms with van der Waals surface area (Å²) < 4.78 is 0. The number of anilines is 1. The summed E-state index contributed by atoms with van der Waals surface area (Å²) in [6.45, 7) is 0.917. The van der Waals surface area contributed by atoms with Crippen LogP contribution < -0.4 is 15.5 Å². The Bertz CT molecular complexity index is 1090. The number of benzene rings is 2. The average molecular weight is 425 g/mol. The van der Waals surface area contributed by atoms with Crippen molar-refractivity contribution in [3.05, 3.63) is 65.3 Å². The highest BCUT2D eigenvalue weighted by atomic mass is 35.5. The number of halogens is 1. The highest BCUT2D eigenvalue weighted by Crippen LogP contribution is 2.26. The molecule has 0 saturated carbocycles. The lowest BCUT2D eigenvalue weighted by Gasteiger charge is -2.16. The summed E-state index contributed by atoms with van der Waals surface area (Å²) in [5, 5.41) is 7.07. The molecule has 0 radical (unpaired) electrons. The molecule has 7 nitrogen and oxygen atoms in total. The molecule has 3 amide bonds. The predicted molar refractivity (Wildman–Crippen MR) is 116 cm³/mol. The van der Waals surface area contributed by atoms with Crippen molar-refractivity contribution in [2.75, 3.05) is 24.5 Å². The van der Waals surface area contributed by atoms with Crippen LogP contribution in [0.15, 0.2) is 54.7 Å². The second-order valence-electron chi connectivity index (χ2n) is 7.17. The molecule has 1 aromatic heterocycles. The molecule has 3 N–H and O–H groups in total. The van der Waals surface area contributed by atoms with Crippen molar-refractivity contribution in [1.82, 2.24) is 15.6 Å². The van der Waals surface area contributed by atoms with Gasteiger partial charge in [0.05, 0.1) is 5.92 Å². The quantitative estimate of drug-likeness (QED) is 0.531. The van der Waals surface area contributed by atoms with Crippen LogP contribution in [0.25, 0.3) is 10.9 Å². The summed E-state index contributed by atoms with van der Waals surface area (Å²) >= 11 is 5.89. The van der Waals surface area contributed by atoms with Gasteiger partial charge in [-0.3, -0.25) is 14.4 Å². The van der Waals surface area contributed by atoms with Gasteiger partial charge in [-0.2, -0.15) is 0 Å². The summed E-state index contributed by atoms with van der Waals surface area (Å²) in [6, 6.07) is 14.3. The van der Waals surface area contributed by atoms with E-state index in [1.54, 1.807) is 41.4 Å². The number of rotatable bonds is 6. The first-order valence-corrected chi connectivity index (χ1v) is 10.1. The summed E-state index contributed by atoms with van der Waals surface area (Å²) in [7, 11) is 0. The van der Waals surface area contributed by atoms with E-state index in [1.807, 2.05) is 18.2 Å². The molecular weight excluding hydrogens is 404 g/mol. The Balaban J connectivity index is 1.26. The molecule has 154 valence electrons. The first kappa shape index (κ1) is 20.0. The number of amides is 3. The van der Waals surface area contributed by atoms with Gasteiger partial charge in [-0.15, -0.1) is 0 Å². The number of hydrogen-bond acceptors (Lipinski definition) is 3. The Kier molecular flexibility index (Phi) is 5.72. The molecule has 1 saturated heterocycles. The minimum absolute atomic E-state index is 0.0922. The van der Waals surface area contributed by atoms with Crippen LogP contribution >= 0.6 is 11.6 Å². The molecule has 4 rings (SSSR count). The summed E-state index contributed by atoms with van der Waals surface area (Å²) in [4.78, 5) is 41.8. The van der Waals surface area contributed by atoms with Gasteiger partial charge >= 0.3 is 0 Å². The predicted octanol–water partition coefficient (Wildman–Crippen LogP) is 2.72. The second kappa shape index (κ2) is 8.59. The lowest BCUT2D eigenvalue weighted by molar-refractivity contribution is -0.126. The van der Waals surface area contributed by atoms with E-state index in [1.165, 1.54) is 0 Å². The molecule has 1 atom stereocenters. The van der Waals surface area contributed by atoms with E-state index in [0.717, 1.165) is 16.6 Å². The molecule has 1 fully saturated rings. The summed E-state index contributed by atoms with van der Waals surface area (Å²) in [5.41, 5.74) is 2.21. The molecule has 0 bridgehead atoms. The number of carbonyl (C=O) groups excluding carboxylic acids is 3. The molecule has 2 aromatic carbocycles. The number of H-pyrrole nitrogens is 1. The first-order valence-electron chi connectivity index (χ1n) is 9.71. The van der Waals surface area contributed by atoms with Crippen molar-refractivity contribution >= 4 is 45.9 Å². The third kappa shape index (κ3) is 4.16. The van der Waals surface area contributed by atoms with Crippen LogP contribution in [-0.2, 0) is 9.59 Å². The third-order valence-electron chi connectivity index (χ3n) is 5.18. The van der Waals surface area contributed by atoms with Crippen molar-refractivity contribution in [3.63, 3.8) is 0 Å². The Morgan fingerprint density at radius 3 is 2.63 bits per heavy atom. The van der Waals surface area contributed by atoms with E-state index >= 15 is 0 Å². The van der Waals surface area contributed by atoms with E-state index in [2.05, 4.69) is 15.6 Å². The van der Waals surface area contributed by atoms with E-state index in [4.69, 9.17) is 11.6 Å². The van der Waals surface area contributed by atoms with Gasteiger partial charge in [0, 0.05) is 59.4 Å². The number of fused-ring (bicyclic) bond motifs is 1. The fourth-order valence-electron chi connectivity index (χ4n) is 3.64. The Morgan fingerprint density at radius 1 is 1.07 bits per heavy atom. The normalized spacial score (nSPS) is 16.1. The number of nitrogens with zero attached hydrogens (tertiary/aromatic N) is 1. The van der Waals surface area contributed by atoms with Gasteiger partial charge in [0.15, 0.2) is 0 Å². The van der Waals surface area contributed by atoms with Crippen LogP contribution in [-0.4, -0.2) is 42.3 Å². The van der Waals surface area contributed by atoms with Crippen molar-refractivity contribution in [1.29, 1.82) is 0 Å². The van der Waals surface area contributed by atoms with E-state index in [0.29, 0.717) is 30.2 Å². The van der Waals surface area contributed by atoms with Crippen molar-refractivity contribution in [3.8, 4) is 0 Å². The number of carbonyl (C=O) groups is 3. The van der Waals surface area contributed by atoms with Crippen LogP contribution in [0, 0.1) is 5.92 Å². The molecular formula is C22H21ClN4O3. The average Bonchev–Trinajstić information content (AvgIpc) is 3.38. The molecule has 1 aliphatic rings. The molecule has 1 unspecified atom stereocenters. The van der Waals surface area contributed by atoms with Gasteiger partial charge in [0.25, 0.3) is 5.91 Å². The maximum atomic E-state index is 12.4. The minimum atomic E-state index is -0.419. The molecule has 30 heavy (non-hydrogen) atoms. The van der Waals surface area contributed by atoms with Crippen molar-refractivity contribution in [2.24, 2.45) is 5.92 Å². The summed E-state index contributed by atoms with van der Waals surface area (Å²) in [6.07, 6.45) is 1.95. The maximum absolute atomic E-state index is 12.4. The minimum Gasteiger partial charge on any atom is -0.361 e. The maximum Gasteiger partial charge on any atom is 0.252 e. The Hall–Kier alpha value is -3.32. The van der Waals surface area contributed by atoms with E-state index < -0.39 is 5.92 Å². The second-order valence-corrected chi connectivity index (χ2v) is 7.61. The Labute approximate surface area is 178 Å². The van der Waals surface area contributed by atoms with Gasteiger partial charge in [0.1, 0.15) is 0 Å². The fraction of sp³-hybridized carbons (Fsp3) is 0.227. The number of aromatic nitrogens is 1. The topological polar surface area (TPSA) is 94.3 Å². The largest absolute Gasteiger partial charge is 0.361 e. The van der Waals surface area contributed by atoms with E-state index in [-0.39, 0.29) is 24.1 Å². The van der Waals surface area contributed by atoms with E-state index in [9.17, 15) is 14.4 Å². The van der Waals surface area contributed by atoms with Crippen LogP contribution in [0.2, 0.25) is 5.02 Å². The van der Waals surface area contributed by atoms with Crippen LogP contribution in [0.5, 0.6) is 0 Å². The zero-order chi connectivity index (χ0) is 21.1. The molecule has 8 heteroatoms. The van der Waals surface area contributed by atoms with Crippen molar-refractivity contribution in [2.45, 2.75) is 6.42 Å². The van der Waals surface area contributed by atoms with Gasteiger partial charge in [-0.05, 0) is 42.5 Å². The lowest BCUT2D eigenvalue weighted by Crippen LogP contribution is -2.38. The monoisotopic (exact) mass is 424 g/mol. The van der Waals surface area contributed by atoms with Crippen LogP contribution in [0.3, 0.4) is 0 Å². The van der Waals surface area contributed by atoms with Gasteiger partial charge in [-0.1, -0.05) is 17.7 Å². The Morgan fingerprint density at radius 2 is 1.83 bits per heavy atom. The standard InChI is InChI=1S/C22H21ClN4O3/c23-15-4-6-16(7-5-15)27-13-14(12-20(27)28)21(29)25-10-11-26-22(30)18-2-1-3-19-17(18)8-9-24-19/h1-9,14,24H,10-13H2,(H,25,29)(H,26,30).